The van der Waals surface area contributed by atoms with Crippen LogP contribution >= 0.6 is 0 Å². The number of benzene rings is 1. The van der Waals surface area contributed by atoms with E-state index in [9.17, 15) is 4.79 Å². The summed E-state index contributed by atoms with van der Waals surface area (Å²) in [6.45, 7) is 3.02. The van der Waals surface area contributed by atoms with Crippen molar-refractivity contribution in [2.75, 3.05) is 47.0 Å². The minimum atomic E-state index is -0.0168. The highest BCUT2D eigenvalue weighted by atomic mass is 16.5. The Balaban J connectivity index is 2.24. The molecule has 0 heterocycles. The number of hydrogen-bond acceptors (Lipinski definition) is 5. The highest BCUT2D eigenvalue weighted by Crippen LogP contribution is 2.16. The summed E-state index contributed by atoms with van der Waals surface area (Å²) in [6, 6.07) is 7.70. The fraction of sp³-hybridized carbons (Fsp3) is 0.533. The third-order valence-electron chi connectivity index (χ3n) is 2.96. The van der Waals surface area contributed by atoms with Crippen molar-refractivity contribution in [3.05, 3.63) is 29.8 Å². The molecule has 1 amide bonds. The average Bonchev–Trinajstić information content (AvgIpc) is 2.48. The van der Waals surface area contributed by atoms with Gasteiger partial charge in [-0.25, -0.2) is 0 Å². The van der Waals surface area contributed by atoms with Gasteiger partial charge in [0.05, 0.1) is 13.2 Å². The molecule has 0 bridgehead atoms. The van der Waals surface area contributed by atoms with Crippen molar-refractivity contribution in [2.24, 2.45) is 5.73 Å². The van der Waals surface area contributed by atoms with Gasteiger partial charge in [-0.2, -0.15) is 0 Å². The summed E-state index contributed by atoms with van der Waals surface area (Å²) in [6.07, 6.45) is 0. The van der Waals surface area contributed by atoms with E-state index in [2.05, 4.69) is 5.32 Å². The van der Waals surface area contributed by atoms with Crippen LogP contribution in [0.1, 0.15) is 5.56 Å². The molecule has 0 saturated heterocycles. The molecule has 21 heavy (non-hydrogen) atoms. The van der Waals surface area contributed by atoms with E-state index >= 15 is 0 Å². The van der Waals surface area contributed by atoms with E-state index in [1.54, 1.807) is 7.11 Å². The number of likely N-dealkylation sites (N-methyl/N-ethyl adjacent to an activating group) is 1. The van der Waals surface area contributed by atoms with Gasteiger partial charge in [0.2, 0.25) is 5.91 Å². The zero-order valence-corrected chi connectivity index (χ0v) is 12.8. The number of ether oxygens (including phenoxy) is 2. The van der Waals surface area contributed by atoms with Crippen LogP contribution in [-0.4, -0.2) is 57.8 Å². The summed E-state index contributed by atoms with van der Waals surface area (Å²) < 4.78 is 10.6. The van der Waals surface area contributed by atoms with E-state index in [4.69, 9.17) is 15.2 Å². The van der Waals surface area contributed by atoms with Gasteiger partial charge in [-0.1, -0.05) is 18.2 Å². The first-order chi connectivity index (χ1) is 10.2. The zero-order chi connectivity index (χ0) is 15.5. The molecule has 1 rings (SSSR count). The molecule has 1 aromatic carbocycles. The lowest BCUT2D eigenvalue weighted by Crippen LogP contribution is -2.38. The Morgan fingerprint density at radius 1 is 1.33 bits per heavy atom. The van der Waals surface area contributed by atoms with Crippen LogP contribution in [0, 0.1) is 0 Å². The van der Waals surface area contributed by atoms with Crippen molar-refractivity contribution in [3.63, 3.8) is 0 Å². The van der Waals surface area contributed by atoms with Gasteiger partial charge < -0.3 is 20.5 Å². The summed E-state index contributed by atoms with van der Waals surface area (Å²) in [4.78, 5) is 13.5. The van der Waals surface area contributed by atoms with E-state index in [1.807, 2.05) is 36.2 Å². The molecule has 0 aliphatic heterocycles. The second-order valence-electron chi connectivity index (χ2n) is 4.74. The van der Waals surface area contributed by atoms with Crippen molar-refractivity contribution >= 4 is 5.91 Å². The maximum absolute atomic E-state index is 11.6. The third-order valence-corrected chi connectivity index (χ3v) is 2.96. The standard InChI is InChI=1S/C15H25N3O3/c1-18(12-15(19)17-7-9-20-2)8-10-21-14-6-4-3-5-13(14)11-16/h3-6H,7-12,16H2,1-2H3,(H,17,19). The van der Waals surface area contributed by atoms with Crippen molar-refractivity contribution in [1.82, 2.24) is 10.2 Å². The predicted molar refractivity (Wildman–Crippen MR) is 82.2 cm³/mol. The van der Waals surface area contributed by atoms with Crippen molar-refractivity contribution in [1.29, 1.82) is 0 Å². The minimum Gasteiger partial charge on any atom is -0.492 e. The van der Waals surface area contributed by atoms with Gasteiger partial charge in [0.1, 0.15) is 12.4 Å². The Labute approximate surface area is 126 Å². The number of methoxy groups -OCH3 is 1. The quantitative estimate of drug-likeness (QED) is 0.604. The van der Waals surface area contributed by atoms with Crippen LogP contribution in [-0.2, 0) is 16.1 Å². The van der Waals surface area contributed by atoms with Crippen LogP contribution in [0.25, 0.3) is 0 Å². The van der Waals surface area contributed by atoms with Gasteiger partial charge in [-0.15, -0.1) is 0 Å². The van der Waals surface area contributed by atoms with Crippen LogP contribution in [0.15, 0.2) is 24.3 Å². The predicted octanol–water partition coefficient (Wildman–Crippen LogP) is 0.219. The number of carbonyl (C=O) groups is 1. The van der Waals surface area contributed by atoms with Gasteiger partial charge in [0.25, 0.3) is 0 Å². The lowest BCUT2D eigenvalue weighted by Gasteiger charge is -2.17. The summed E-state index contributed by atoms with van der Waals surface area (Å²) in [7, 11) is 3.49. The largest absolute Gasteiger partial charge is 0.492 e. The van der Waals surface area contributed by atoms with Gasteiger partial charge in [-0.05, 0) is 13.1 Å². The Morgan fingerprint density at radius 3 is 2.81 bits per heavy atom. The molecular formula is C15H25N3O3. The summed E-state index contributed by atoms with van der Waals surface area (Å²) >= 11 is 0. The van der Waals surface area contributed by atoms with Crippen LogP contribution in [0.3, 0.4) is 0 Å². The lowest BCUT2D eigenvalue weighted by molar-refractivity contribution is -0.122. The minimum absolute atomic E-state index is 0.0168. The number of amides is 1. The van der Waals surface area contributed by atoms with Crippen LogP contribution in [0.2, 0.25) is 0 Å². The molecule has 0 aliphatic rings. The van der Waals surface area contributed by atoms with Gasteiger partial charge in [-0.3, -0.25) is 9.69 Å². The second kappa shape index (κ2) is 10.1. The Morgan fingerprint density at radius 2 is 2.10 bits per heavy atom. The number of rotatable bonds is 10. The first-order valence-corrected chi connectivity index (χ1v) is 7.02. The molecule has 3 N–H and O–H groups in total. The summed E-state index contributed by atoms with van der Waals surface area (Å²) in [5, 5.41) is 2.78. The number of para-hydroxylation sites is 1. The highest BCUT2D eigenvalue weighted by Gasteiger charge is 2.06. The van der Waals surface area contributed by atoms with E-state index < -0.39 is 0 Å². The van der Waals surface area contributed by atoms with Crippen molar-refractivity contribution in [2.45, 2.75) is 6.54 Å². The maximum atomic E-state index is 11.6. The Bertz CT molecular complexity index is 426. The fourth-order valence-corrected chi connectivity index (χ4v) is 1.80. The molecule has 0 spiro atoms. The molecule has 0 radical (unpaired) electrons. The van der Waals surface area contributed by atoms with E-state index in [-0.39, 0.29) is 5.91 Å². The van der Waals surface area contributed by atoms with Gasteiger partial charge in [0, 0.05) is 32.3 Å². The van der Waals surface area contributed by atoms with Crippen LogP contribution < -0.4 is 15.8 Å². The first kappa shape index (κ1) is 17.4. The zero-order valence-electron chi connectivity index (χ0n) is 12.8. The molecule has 1 aromatic rings. The van der Waals surface area contributed by atoms with E-state index in [0.29, 0.717) is 39.4 Å². The fourth-order valence-electron chi connectivity index (χ4n) is 1.80. The number of hydrogen-bond donors (Lipinski definition) is 2. The van der Waals surface area contributed by atoms with E-state index in [1.165, 1.54) is 0 Å². The molecule has 6 nitrogen and oxygen atoms in total. The number of nitrogens with two attached hydrogens (primary N) is 1. The molecule has 0 aliphatic carbocycles. The number of carbonyl (C=O) groups excluding carboxylic acids is 1. The average molecular weight is 295 g/mol. The lowest BCUT2D eigenvalue weighted by atomic mass is 10.2. The van der Waals surface area contributed by atoms with Crippen LogP contribution in [0.5, 0.6) is 5.75 Å². The SMILES string of the molecule is COCCNC(=O)CN(C)CCOc1ccccc1CN. The Kier molecular flexibility index (Phi) is 8.42. The summed E-state index contributed by atoms with van der Waals surface area (Å²) in [5.41, 5.74) is 6.64. The molecule has 6 heteroatoms. The number of nitrogens with one attached hydrogen (secondary N) is 1. The molecule has 0 unspecified atom stereocenters. The normalized spacial score (nSPS) is 10.7. The number of nitrogens with zero attached hydrogens (tertiary/aromatic N) is 1. The Hall–Kier alpha value is -1.63. The maximum Gasteiger partial charge on any atom is 0.234 e. The smallest absolute Gasteiger partial charge is 0.234 e. The first-order valence-electron chi connectivity index (χ1n) is 7.02. The molecular weight excluding hydrogens is 270 g/mol. The highest BCUT2D eigenvalue weighted by molar-refractivity contribution is 5.77. The second-order valence-corrected chi connectivity index (χ2v) is 4.74. The monoisotopic (exact) mass is 295 g/mol. The topological polar surface area (TPSA) is 76.8 Å². The van der Waals surface area contributed by atoms with Gasteiger partial charge in [0.15, 0.2) is 0 Å². The molecule has 118 valence electrons. The van der Waals surface area contributed by atoms with Gasteiger partial charge >= 0.3 is 0 Å². The molecule has 0 saturated carbocycles. The molecule has 0 aromatic heterocycles. The summed E-state index contributed by atoms with van der Waals surface area (Å²) in [5.74, 6) is 0.787. The van der Waals surface area contributed by atoms with Crippen LogP contribution in [0.4, 0.5) is 0 Å². The molecule has 0 atom stereocenters. The van der Waals surface area contributed by atoms with Crippen molar-refractivity contribution < 1.29 is 14.3 Å². The molecule has 0 fully saturated rings. The third kappa shape index (κ3) is 7.08. The van der Waals surface area contributed by atoms with Crippen molar-refractivity contribution in [3.8, 4) is 5.75 Å². The van der Waals surface area contributed by atoms with E-state index in [0.717, 1.165) is 11.3 Å².